The Morgan fingerprint density at radius 3 is 2.68 bits per heavy atom. The van der Waals surface area contributed by atoms with E-state index in [1.54, 1.807) is 0 Å². The normalized spacial score (nSPS) is 14.8. The summed E-state index contributed by atoms with van der Waals surface area (Å²) < 4.78 is 0. The Morgan fingerprint density at radius 1 is 0.935 bits per heavy atom. The van der Waals surface area contributed by atoms with E-state index in [1.807, 2.05) is 54.6 Å². The first-order valence-corrected chi connectivity index (χ1v) is 10.6. The maximum absolute atomic E-state index is 8.15. The number of hydrogen-bond donors (Lipinski definition) is 4. The Hall–Kier alpha value is -3.86. The number of pyridine rings is 1. The van der Waals surface area contributed by atoms with Gasteiger partial charge in [-0.3, -0.25) is 5.41 Å². The molecular formula is C26H25N5. The second kappa shape index (κ2) is 8.48. The summed E-state index contributed by atoms with van der Waals surface area (Å²) in [5.41, 5.74) is 5.75. The van der Waals surface area contributed by atoms with Crippen LogP contribution in [-0.4, -0.2) is 10.9 Å². The van der Waals surface area contributed by atoms with Crippen LogP contribution >= 0.6 is 0 Å². The first kappa shape index (κ1) is 19.1. The summed E-state index contributed by atoms with van der Waals surface area (Å²) in [4.78, 5) is 4.80. The SMILES string of the molecule is N=C(NCc1ccccc1)Nc1ccc2nc(N[C@@H]3CCc4ccccc43)ccc2c1. The number of fused-ring (bicyclic) bond motifs is 2. The highest BCUT2D eigenvalue weighted by Gasteiger charge is 2.21. The van der Waals surface area contributed by atoms with Gasteiger partial charge in [-0.05, 0) is 59.9 Å². The molecule has 1 aliphatic rings. The Balaban J connectivity index is 1.24. The molecule has 0 fully saturated rings. The van der Waals surface area contributed by atoms with Gasteiger partial charge in [0.15, 0.2) is 5.96 Å². The zero-order chi connectivity index (χ0) is 21.0. The highest BCUT2D eigenvalue weighted by Crippen LogP contribution is 2.33. The summed E-state index contributed by atoms with van der Waals surface area (Å²) in [5.74, 6) is 1.17. The molecule has 4 N–H and O–H groups in total. The van der Waals surface area contributed by atoms with E-state index < -0.39 is 0 Å². The minimum absolute atomic E-state index is 0.273. The molecule has 0 radical (unpaired) electrons. The molecular weight excluding hydrogens is 382 g/mol. The summed E-state index contributed by atoms with van der Waals surface area (Å²) in [6.07, 6.45) is 2.21. The van der Waals surface area contributed by atoms with Crippen LogP contribution in [0.1, 0.15) is 29.2 Å². The van der Waals surface area contributed by atoms with Crippen LogP contribution in [0.4, 0.5) is 11.5 Å². The maximum atomic E-state index is 8.15. The second-order valence-corrected chi connectivity index (χ2v) is 7.88. The van der Waals surface area contributed by atoms with Crippen molar-refractivity contribution in [2.75, 3.05) is 10.6 Å². The molecule has 1 heterocycles. The number of rotatable bonds is 5. The summed E-state index contributed by atoms with van der Waals surface area (Å²) in [5, 5.41) is 19.0. The molecule has 5 heteroatoms. The van der Waals surface area contributed by atoms with E-state index in [1.165, 1.54) is 11.1 Å². The van der Waals surface area contributed by atoms with Gasteiger partial charge in [0.05, 0.1) is 11.6 Å². The van der Waals surface area contributed by atoms with Crippen molar-refractivity contribution in [1.82, 2.24) is 10.3 Å². The maximum Gasteiger partial charge on any atom is 0.193 e. The van der Waals surface area contributed by atoms with Gasteiger partial charge >= 0.3 is 0 Å². The van der Waals surface area contributed by atoms with Crippen LogP contribution in [-0.2, 0) is 13.0 Å². The molecule has 0 amide bonds. The predicted molar refractivity (Wildman–Crippen MR) is 128 cm³/mol. The number of aromatic nitrogens is 1. The molecule has 0 bridgehead atoms. The van der Waals surface area contributed by atoms with Crippen LogP contribution in [0.25, 0.3) is 10.9 Å². The third-order valence-electron chi connectivity index (χ3n) is 5.73. The quantitative estimate of drug-likeness (QED) is 0.261. The van der Waals surface area contributed by atoms with Crippen molar-refractivity contribution >= 4 is 28.4 Å². The topological polar surface area (TPSA) is 72.8 Å². The van der Waals surface area contributed by atoms with E-state index >= 15 is 0 Å². The third kappa shape index (κ3) is 4.36. The standard InChI is InChI=1S/C26H25N5/c27-26(28-17-18-6-2-1-3-7-18)29-21-12-14-23-20(16-21)11-15-25(30-23)31-24-13-10-19-8-4-5-9-22(19)24/h1-9,11-12,14-16,24H,10,13,17H2,(H,30,31)(H3,27,28,29)/t24-/m1/s1. The van der Waals surface area contributed by atoms with E-state index in [2.05, 4.69) is 46.3 Å². The van der Waals surface area contributed by atoms with Crippen molar-refractivity contribution in [3.63, 3.8) is 0 Å². The van der Waals surface area contributed by atoms with Crippen LogP contribution < -0.4 is 16.0 Å². The Bertz CT molecular complexity index is 1220. The minimum Gasteiger partial charge on any atom is -0.363 e. The Labute approximate surface area is 182 Å². The van der Waals surface area contributed by atoms with Gasteiger partial charge in [-0.25, -0.2) is 4.98 Å². The third-order valence-corrected chi connectivity index (χ3v) is 5.73. The van der Waals surface area contributed by atoms with Crippen molar-refractivity contribution in [1.29, 1.82) is 5.41 Å². The molecule has 1 aromatic heterocycles. The lowest BCUT2D eigenvalue weighted by atomic mass is 10.1. The van der Waals surface area contributed by atoms with Crippen LogP contribution in [0, 0.1) is 5.41 Å². The van der Waals surface area contributed by atoms with Crippen LogP contribution in [0.15, 0.2) is 84.9 Å². The molecule has 0 spiro atoms. The lowest BCUT2D eigenvalue weighted by Gasteiger charge is -2.15. The molecule has 5 rings (SSSR count). The summed E-state index contributed by atoms with van der Waals surface area (Å²) in [6.45, 7) is 0.612. The van der Waals surface area contributed by atoms with E-state index in [0.717, 1.165) is 40.8 Å². The van der Waals surface area contributed by atoms with E-state index in [0.29, 0.717) is 12.6 Å². The van der Waals surface area contributed by atoms with Crippen LogP contribution in [0.2, 0.25) is 0 Å². The van der Waals surface area contributed by atoms with Gasteiger partial charge in [-0.2, -0.15) is 0 Å². The molecule has 3 aromatic carbocycles. The molecule has 0 saturated heterocycles. The van der Waals surface area contributed by atoms with Crippen molar-refractivity contribution in [3.8, 4) is 0 Å². The zero-order valence-electron chi connectivity index (χ0n) is 17.2. The fraction of sp³-hybridized carbons (Fsp3) is 0.154. The first-order chi connectivity index (χ1) is 15.2. The van der Waals surface area contributed by atoms with Gasteiger partial charge in [0, 0.05) is 17.6 Å². The van der Waals surface area contributed by atoms with Gasteiger partial charge < -0.3 is 16.0 Å². The number of guanidine groups is 1. The minimum atomic E-state index is 0.273. The van der Waals surface area contributed by atoms with Crippen molar-refractivity contribution in [2.24, 2.45) is 0 Å². The molecule has 0 aliphatic heterocycles. The van der Waals surface area contributed by atoms with Gasteiger partial charge in [0.2, 0.25) is 0 Å². The number of nitrogens with zero attached hydrogens (tertiary/aromatic N) is 1. The van der Waals surface area contributed by atoms with E-state index in [9.17, 15) is 0 Å². The van der Waals surface area contributed by atoms with Crippen LogP contribution in [0.3, 0.4) is 0 Å². The van der Waals surface area contributed by atoms with Crippen molar-refractivity contribution in [3.05, 3.63) is 102 Å². The lowest BCUT2D eigenvalue weighted by molar-refractivity contribution is 0.758. The van der Waals surface area contributed by atoms with Gasteiger partial charge in [0.1, 0.15) is 5.82 Å². The van der Waals surface area contributed by atoms with Gasteiger partial charge in [0.25, 0.3) is 0 Å². The fourth-order valence-corrected chi connectivity index (χ4v) is 4.14. The van der Waals surface area contributed by atoms with Crippen molar-refractivity contribution < 1.29 is 0 Å². The second-order valence-electron chi connectivity index (χ2n) is 7.88. The van der Waals surface area contributed by atoms with Gasteiger partial charge in [-0.1, -0.05) is 54.6 Å². The highest BCUT2D eigenvalue weighted by atomic mass is 15.1. The smallest absolute Gasteiger partial charge is 0.193 e. The first-order valence-electron chi connectivity index (χ1n) is 10.6. The predicted octanol–water partition coefficient (Wildman–Crippen LogP) is 5.47. The molecule has 0 unspecified atom stereocenters. The molecule has 154 valence electrons. The molecule has 1 aliphatic carbocycles. The zero-order valence-corrected chi connectivity index (χ0v) is 17.2. The van der Waals surface area contributed by atoms with Crippen LogP contribution in [0.5, 0.6) is 0 Å². The number of benzene rings is 3. The Morgan fingerprint density at radius 2 is 1.77 bits per heavy atom. The summed E-state index contributed by atoms with van der Waals surface area (Å²) >= 11 is 0. The van der Waals surface area contributed by atoms with E-state index in [4.69, 9.17) is 10.4 Å². The molecule has 1 atom stereocenters. The molecule has 4 aromatic rings. The average molecular weight is 408 g/mol. The Kier molecular flexibility index (Phi) is 5.23. The summed E-state index contributed by atoms with van der Waals surface area (Å²) in [6, 6.07) is 29.1. The van der Waals surface area contributed by atoms with E-state index in [-0.39, 0.29) is 5.96 Å². The number of aryl methyl sites for hydroxylation is 1. The number of nitrogens with one attached hydrogen (secondary N) is 4. The molecule has 0 saturated carbocycles. The van der Waals surface area contributed by atoms with Crippen molar-refractivity contribution in [2.45, 2.75) is 25.4 Å². The van der Waals surface area contributed by atoms with Gasteiger partial charge in [-0.15, -0.1) is 0 Å². The monoisotopic (exact) mass is 407 g/mol. The number of hydrogen-bond acceptors (Lipinski definition) is 3. The average Bonchev–Trinajstić information content (AvgIpc) is 3.21. The molecule has 5 nitrogen and oxygen atoms in total. The highest BCUT2D eigenvalue weighted by molar-refractivity contribution is 5.94. The summed E-state index contributed by atoms with van der Waals surface area (Å²) in [7, 11) is 0. The molecule has 31 heavy (non-hydrogen) atoms. The lowest BCUT2D eigenvalue weighted by Crippen LogP contribution is -2.28. The largest absolute Gasteiger partial charge is 0.363 e. The fourth-order valence-electron chi connectivity index (χ4n) is 4.14. The number of anilines is 2.